The van der Waals surface area contributed by atoms with Crippen LogP contribution in [0.5, 0.6) is 5.75 Å². The van der Waals surface area contributed by atoms with Gasteiger partial charge in [0.05, 0.1) is 5.56 Å². The highest BCUT2D eigenvalue weighted by Crippen LogP contribution is 2.25. The summed E-state index contributed by atoms with van der Waals surface area (Å²) < 4.78 is 0. The molecule has 0 aliphatic heterocycles. The number of aliphatic hydroxyl groups excluding tert-OH is 2. The molecule has 0 fully saturated rings. The van der Waals surface area contributed by atoms with Gasteiger partial charge in [-0.15, -0.1) is 0 Å². The minimum Gasteiger partial charge on any atom is -0.507 e. The van der Waals surface area contributed by atoms with Gasteiger partial charge in [0.2, 0.25) is 5.91 Å². The highest BCUT2D eigenvalue weighted by Gasteiger charge is 2.24. The molecule has 0 aliphatic rings. The minimum atomic E-state index is -1.76. The van der Waals surface area contributed by atoms with Gasteiger partial charge in [0.1, 0.15) is 11.9 Å². The fourth-order valence-electron chi connectivity index (χ4n) is 1.49. The number of nitrogens with two attached hydrogens (primary N) is 1. The predicted octanol–water partition coefficient (Wildman–Crippen LogP) is -0.136. The summed E-state index contributed by atoms with van der Waals surface area (Å²) in [5.74, 6) is -1.60. The number of Topliss-reactive ketones (excluding diaryl/α,β-unsaturated/α-hetero) is 1. The van der Waals surface area contributed by atoms with E-state index in [1.165, 1.54) is 18.2 Å². The van der Waals surface area contributed by atoms with Gasteiger partial charge in [0.15, 0.2) is 11.9 Å². The third-order valence-electron chi connectivity index (χ3n) is 2.57. The first-order valence-electron chi connectivity index (χ1n) is 5.40. The molecule has 0 saturated carbocycles. The van der Waals surface area contributed by atoms with Crippen molar-refractivity contribution >= 4 is 11.7 Å². The van der Waals surface area contributed by atoms with E-state index in [1.807, 2.05) is 0 Å². The van der Waals surface area contributed by atoms with Gasteiger partial charge in [0.25, 0.3) is 0 Å². The summed E-state index contributed by atoms with van der Waals surface area (Å²) in [6.45, 7) is 1.63. The van der Waals surface area contributed by atoms with Crippen molar-refractivity contribution in [2.24, 2.45) is 5.73 Å². The van der Waals surface area contributed by atoms with Crippen molar-refractivity contribution in [1.82, 2.24) is 0 Å². The maximum absolute atomic E-state index is 11.5. The maximum Gasteiger partial charge on any atom is 0.249 e. The fourth-order valence-corrected chi connectivity index (χ4v) is 1.49. The normalized spacial score (nSPS) is 13.9. The molecule has 18 heavy (non-hydrogen) atoms. The number of carbonyl (C=O) groups is 2. The van der Waals surface area contributed by atoms with E-state index in [0.29, 0.717) is 0 Å². The van der Waals surface area contributed by atoms with Crippen LogP contribution in [0.15, 0.2) is 18.2 Å². The zero-order valence-corrected chi connectivity index (χ0v) is 9.83. The standard InChI is InChI=1S/C12H15NO5/c1-2-8(14)7-5-6(3-4-9(7)15)10(16)11(17)12(13)18/h3-5,10-11,15-17H,2H2,1H3,(H2,13,18). The first-order chi connectivity index (χ1) is 8.38. The summed E-state index contributed by atoms with van der Waals surface area (Å²) in [5.41, 5.74) is 5.03. The Morgan fingerprint density at radius 1 is 1.33 bits per heavy atom. The second kappa shape index (κ2) is 5.61. The van der Waals surface area contributed by atoms with Crippen molar-refractivity contribution in [2.75, 3.05) is 0 Å². The number of carbonyl (C=O) groups excluding carboxylic acids is 2. The van der Waals surface area contributed by atoms with Gasteiger partial charge in [-0.2, -0.15) is 0 Å². The van der Waals surface area contributed by atoms with E-state index in [4.69, 9.17) is 5.73 Å². The number of ketones is 1. The molecule has 6 heteroatoms. The molecule has 0 bridgehead atoms. The first kappa shape index (κ1) is 14.1. The van der Waals surface area contributed by atoms with Gasteiger partial charge in [-0.1, -0.05) is 13.0 Å². The van der Waals surface area contributed by atoms with Gasteiger partial charge < -0.3 is 21.1 Å². The predicted molar refractivity (Wildman–Crippen MR) is 62.9 cm³/mol. The van der Waals surface area contributed by atoms with Crippen LogP contribution >= 0.6 is 0 Å². The lowest BCUT2D eigenvalue weighted by Crippen LogP contribution is -2.33. The van der Waals surface area contributed by atoms with Gasteiger partial charge in [-0.05, 0) is 17.7 Å². The summed E-state index contributed by atoms with van der Waals surface area (Å²) in [5, 5.41) is 28.5. The molecule has 2 atom stereocenters. The molecule has 0 aromatic heterocycles. The number of benzene rings is 1. The second-order valence-corrected chi connectivity index (χ2v) is 3.85. The molecule has 1 aromatic rings. The minimum absolute atomic E-state index is 0.0331. The van der Waals surface area contributed by atoms with E-state index in [0.717, 1.165) is 0 Å². The van der Waals surface area contributed by atoms with Gasteiger partial charge in [-0.25, -0.2) is 0 Å². The molecule has 0 heterocycles. The van der Waals surface area contributed by atoms with E-state index in [2.05, 4.69) is 0 Å². The number of aromatic hydroxyl groups is 1. The highest BCUT2D eigenvalue weighted by atomic mass is 16.3. The third-order valence-corrected chi connectivity index (χ3v) is 2.57. The summed E-state index contributed by atoms with van der Waals surface area (Å²) in [4.78, 5) is 22.3. The van der Waals surface area contributed by atoms with Gasteiger partial charge in [0, 0.05) is 6.42 Å². The van der Waals surface area contributed by atoms with Crippen molar-refractivity contribution < 1.29 is 24.9 Å². The quantitative estimate of drug-likeness (QED) is 0.544. The lowest BCUT2D eigenvalue weighted by molar-refractivity contribution is -0.131. The van der Waals surface area contributed by atoms with Crippen molar-refractivity contribution in [2.45, 2.75) is 25.6 Å². The van der Waals surface area contributed by atoms with Gasteiger partial charge >= 0.3 is 0 Å². The largest absolute Gasteiger partial charge is 0.507 e. The Morgan fingerprint density at radius 2 is 1.94 bits per heavy atom. The number of phenols is 1. The lowest BCUT2D eigenvalue weighted by Gasteiger charge is -2.16. The maximum atomic E-state index is 11.5. The monoisotopic (exact) mass is 253 g/mol. The van der Waals surface area contributed by atoms with Crippen molar-refractivity contribution in [3.8, 4) is 5.75 Å². The first-order valence-corrected chi connectivity index (χ1v) is 5.40. The SMILES string of the molecule is CCC(=O)c1cc(C(O)C(O)C(N)=O)ccc1O. The number of phenolic OH excluding ortho intramolecular Hbond substituents is 1. The topological polar surface area (TPSA) is 121 Å². The Labute approximate surface area is 104 Å². The van der Waals surface area contributed by atoms with Crippen LogP contribution in [0.4, 0.5) is 0 Å². The zero-order chi connectivity index (χ0) is 13.9. The van der Waals surface area contributed by atoms with Crippen molar-refractivity contribution in [3.63, 3.8) is 0 Å². The molecule has 1 rings (SSSR count). The molecule has 0 radical (unpaired) electrons. The molecule has 5 N–H and O–H groups in total. The summed E-state index contributed by atoms with van der Waals surface area (Å²) in [6, 6.07) is 3.76. The molecular formula is C12H15NO5. The van der Waals surface area contributed by atoms with Crippen molar-refractivity contribution in [1.29, 1.82) is 0 Å². The molecule has 0 aliphatic carbocycles. The van der Waals surface area contributed by atoms with Crippen LogP contribution in [0.25, 0.3) is 0 Å². The van der Waals surface area contributed by atoms with Crippen molar-refractivity contribution in [3.05, 3.63) is 29.3 Å². The van der Waals surface area contributed by atoms with E-state index >= 15 is 0 Å². The summed E-state index contributed by atoms with van der Waals surface area (Å²) in [7, 11) is 0. The van der Waals surface area contributed by atoms with E-state index in [9.17, 15) is 24.9 Å². The van der Waals surface area contributed by atoms with Crippen LogP contribution in [-0.2, 0) is 4.79 Å². The van der Waals surface area contributed by atoms with Crippen LogP contribution in [0, 0.1) is 0 Å². The number of hydrogen-bond donors (Lipinski definition) is 4. The number of hydrogen-bond acceptors (Lipinski definition) is 5. The Morgan fingerprint density at radius 3 is 2.44 bits per heavy atom. The zero-order valence-electron chi connectivity index (χ0n) is 9.83. The van der Waals surface area contributed by atoms with E-state index < -0.39 is 18.1 Å². The lowest BCUT2D eigenvalue weighted by atomic mass is 9.98. The number of aliphatic hydroxyl groups is 2. The third kappa shape index (κ3) is 2.85. The molecule has 1 amide bonds. The number of primary amides is 1. The Balaban J connectivity index is 3.12. The van der Waals surface area contributed by atoms with Crippen LogP contribution < -0.4 is 5.73 Å². The fraction of sp³-hybridized carbons (Fsp3) is 0.333. The average Bonchev–Trinajstić information content (AvgIpc) is 2.36. The molecule has 1 aromatic carbocycles. The molecule has 0 saturated heterocycles. The molecule has 98 valence electrons. The van der Waals surface area contributed by atoms with Gasteiger partial charge in [-0.3, -0.25) is 9.59 Å². The van der Waals surface area contributed by atoms with E-state index in [1.54, 1.807) is 6.92 Å². The molecule has 0 spiro atoms. The Bertz CT molecular complexity index is 472. The van der Waals surface area contributed by atoms with E-state index in [-0.39, 0.29) is 29.1 Å². The smallest absolute Gasteiger partial charge is 0.249 e. The Kier molecular flexibility index (Phi) is 4.41. The molecule has 6 nitrogen and oxygen atoms in total. The van der Waals surface area contributed by atoms with Crippen LogP contribution in [-0.4, -0.2) is 33.1 Å². The highest BCUT2D eigenvalue weighted by molar-refractivity contribution is 5.98. The average molecular weight is 253 g/mol. The summed E-state index contributed by atoms with van der Waals surface area (Å²) in [6.07, 6.45) is -3.11. The second-order valence-electron chi connectivity index (χ2n) is 3.85. The summed E-state index contributed by atoms with van der Waals surface area (Å²) >= 11 is 0. The number of rotatable bonds is 5. The van der Waals surface area contributed by atoms with Crippen LogP contribution in [0.2, 0.25) is 0 Å². The molecular weight excluding hydrogens is 238 g/mol. The molecule has 2 unspecified atom stereocenters. The number of amides is 1. The Hall–Kier alpha value is -1.92. The van der Waals surface area contributed by atoms with Crippen LogP contribution in [0.3, 0.4) is 0 Å². The van der Waals surface area contributed by atoms with Crippen LogP contribution in [0.1, 0.15) is 35.4 Å².